The number of aromatic nitrogens is 1. The second-order valence-corrected chi connectivity index (χ2v) is 4.91. The van der Waals surface area contributed by atoms with E-state index in [9.17, 15) is 0 Å². The molecule has 0 radical (unpaired) electrons. The van der Waals surface area contributed by atoms with E-state index in [-0.39, 0.29) is 0 Å². The summed E-state index contributed by atoms with van der Waals surface area (Å²) in [6.45, 7) is 5.27. The average Bonchev–Trinajstić information content (AvgIpc) is 2.59. The Balaban J connectivity index is 2.16. The van der Waals surface area contributed by atoms with Crippen LogP contribution < -0.4 is 5.73 Å². The molecule has 0 spiro atoms. The summed E-state index contributed by atoms with van der Waals surface area (Å²) in [5.41, 5.74) is 8.58. The number of rotatable bonds is 2. The largest absolute Gasteiger partial charge is 0.346 e. The van der Waals surface area contributed by atoms with Gasteiger partial charge in [0.1, 0.15) is 0 Å². The molecule has 2 atom stereocenters. The van der Waals surface area contributed by atoms with Gasteiger partial charge in [-0.15, -0.1) is 0 Å². The monoisotopic (exact) mass is 206 g/mol. The van der Waals surface area contributed by atoms with Crippen LogP contribution in [-0.2, 0) is 0 Å². The van der Waals surface area contributed by atoms with Crippen molar-refractivity contribution in [3.05, 3.63) is 23.5 Å². The lowest BCUT2D eigenvalue weighted by atomic mass is 9.85. The van der Waals surface area contributed by atoms with Crippen LogP contribution in [0.15, 0.2) is 12.1 Å². The Hall–Kier alpha value is -0.760. The molecule has 2 N–H and O–H groups in total. The van der Waals surface area contributed by atoms with E-state index in [0.29, 0.717) is 6.04 Å². The standard InChI is InChI=1S/C13H22N2/c1-10-6-7-11(2)15(10)13-5-3-4-12(8-13)9-14/h6-7,12-13H,3-5,8-9,14H2,1-2H3. The fourth-order valence-electron chi connectivity index (χ4n) is 2.97. The molecule has 0 amide bonds. The van der Waals surface area contributed by atoms with Crippen LogP contribution in [0.5, 0.6) is 0 Å². The average molecular weight is 206 g/mol. The maximum atomic E-state index is 5.79. The first kappa shape index (κ1) is 10.7. The zero-order valence-electron chi connectivity index (χ0n) is 9.87. The first-order chi connectivity index (χ1) is 7.22. The molecule has 2 heteroatoms. The molecule has 2 rings (SSSR count). The Bertz CT molecular complexity index is 308. The van der Waals surface area contributed by atoms with Crippen LogP contribution in [0.1, 0.15) is 43.1 Å². The van der Waals surface area contributed by atoms with Crippen LogP contribution in [0.2, 0.25) is 0 Å². The molecule has 2 unspecified atom stereocenters. The third-order valence-corrected chi connectivity index (χ3v) is 3.78. The molecular formula is C13H22N2. The molecule has 0 bridgehead atoms. The minimum absolute atomic E-state index is 0.697. The van der Waals surface area contributed by atoms with Crippen molar-refractivity contribution in [3.8, 4) is 0 Å². The number of aryl methyl sites for hydroxylation is 2. The van der Waals surface area contributed by atoms with Crippen LogP contribution in [0.3, 0.4) is 0 Å². The molecule has 84 valence electrons. The van der Waals surface area contributed by atoms with Gasteiger partial charge in [0.15, 0.2) is 0 Å². The third kappa shape index (κ3) is 2.10. The van der Waals surface area contributed by atoms with E-state index in [0.717, 1.165) is 12.5 Å². The van der Waals surface area contributed by atoms with E-state index in [1.165, 1.54) is 37.1 Å². The van der Waals surface area contributed by atoms with Gasteiger partial charge in [-0.25, -0.2) is 0 Å². The summed E-state index contributed by atoms with van der Waals surface area (Å²) in [5, 5.41) is 0. The van der Waals surface area contributed by atoms with E-state index in [4.69, 9.17) is 5.73 Å². The Labute approximate surface area is 92.5 Å². The van der Waals surface area contributed by atoms with Crippen molar-refractivity contribution in [2.75, 3.05) is 6.54 Å². The van der Waals surface area contributed by atoms with Gasteiger partial charge in [-0.05, 0) is 57.7 Å². The molecule has 1 aliphatic rings. The van der Waals surface area contributed by atoms with E-state index in [1.54, 1.807) is 0 Å². The molecule has 1 fully saturated rings. The van der Waals surface area contributed by atoms with Gasteiger partial charge in [-0.3, -0.25) is 0 Å². The van der Waals surface area contributed by atoms with E-state index < -0.39 is 0 Å². The highest BCUT2D eigenvalue weighted by Gasteiger charge is 2.23. The number of nitrogens with two attached hydrogens (primary N) is 1. The first-order valence-corrected chi connectivity index (χ1v) is 6.07. The topological polar surface area (TPSA) is 30.9 Å². The second-order valence-electron chi connectivity index (χ2n) is 4.91. The summed E-state index contributed by atoms with van der Waals surface area (Å²) in [4.78, 5) is 0. The van der Waals surface area contributed by atoms with Crippen molar-refractivity contribution in [3.63, 3.8) is 0 Å². The number of hydrogen-bond acceptors (Lipinski definition) is 1. The third-order valence-electron chi connectivity index (χ3n) is 3.78. The molecule has 1 aromatic rings. The quantitative estimate of drug-likeness (QED) is 0.792. The molecule has 1 saturated carbocycles. The van der Waals surface area contributed by atoms with Gasteiger partial charge in [0.25, 0.3) is 0 Å². The van der Waals surface area contributed by atoms with Crippen molar-refractivity contribution in [2.45, 2.75) is 45.6 Å². The first-order valence-electron chi connectivity index (χ1n) is 6.07. The SMILES string of the molecule is Cc1ccc(C)n1C1CCCC(CN)C1. The fraction of sp³-hybridized carbons (Fsp3) is 0.692. The van der Waals surface area contributed by atoms with Crippen LogP contribution in [0, 0.1) is 19.8 Å². The van der Waals surface area contributed by atoms with Crippen molar-refractivity contribution in [1.82, 2.24) is 4.57 Å². The Morgan fingerprint density at radius 2 is 1.93 bits per heavy atom. The molecule has 1 heterocycles. The Kier molecular flexibility index (Phi) is 3.15. The summed E-state index contributed by atoms with van der Waals surface area (Å²) in [6, 6.07) is 5.14. The zero-order valence-corrected chi connectivity index (χ0v) is 9.87. The lowest BCUT2D eigenvalue weighted by Crippen LogP contribution is -2.25. The maximum absolute atomic E-state index is 5.79. The predicted octanol–water partition coefficient (Wildman–Crippen LogP) is 2.79. The highest BCUT2D eigenvalue weighted by molar-refractivity contribution is 5.15. The lowest BCUT2D eigenvalue weighted by Gasteiger charge is -2.31. The number of nitrogens with zero attached hydrogens (tertiary/aromatic N) is 1. The number of hydrogen-bond donors (Lipinski definition) is 1. The van der Waals surface area contributed by atoms with Gasteiger partial charge >= 0.3 is 0 Å². The van der Waals surface area contributed by atoms with E-state index >= 15 is 0 Å². The molecule has 0 saturated heterocycles. The zero-order chi connectivity index (χ0) is 10.8. The van der Waals surface area contributed by atoms with Crippen molar-refractivity contribution >= 4 is 0 Å². The molecular weight excluding hydrogens is 184 g/mol. The van der Waals surface area contributed by atoms with Crippen molar-refractivity contribution in [1.29, 1.82) is 0 Å². The molecule has 0 aliphatic heterocycles. The van der Waals surface area contributed by atoms with Crippen LogP contribution in [0.25, 0.3) is 0 Å². The van der Waals surface area contributed by atoms with Crippen LogP contribution in [0.4, 0.5) is 0 Å². The van der Waals surface area contributed by atoms with Crippen molar-refractivity contribution in [2.24, 2.45) is 11.7 Å². The van der Waals surface area contributed by atoms with Gasteiger partial charge < -0.3 is 10.3 Å². The van der Waals surface area contributed by atoms with Gasteiger partial charge in [-0.2, -0.15) is 0 Å². The normalized spacial score (nSPS) is 26.9. The van der Waals surface area contributed by atoms with Crippen molar-refractivity contribution < 1.29 is 0 Å². The van der Waals surface area contributed by atoms with Gasteiger partial charge in [0.05, 0.1) is 0 Å². The predicted molar refractivity (Wildman–Crippen MR) is 64.0 cm³/mol. The van der Waals surface area contributed by atoms with E-state index in [1.807, 2.05) is 0 Å². The van der Waals surface area contributed by atoms with Crippen LogP contribution >= 0.6 is 0 Å². The smallest absolute Gasteiger partial charge is 0.0338 e. The second kappa shape index (κ2) is 4.40. The van der Waals surface area contributed by atoms with Gasteiger partial charge in [0, 0.05) is 17.4 Å². The fourth-order valence-corrected chi connectivity index (χ4v) is 2.97. The molecule has 1 aromatic heterocycles. The Morgan fingerprint density at radius 1 is 1.27 bits per heavy atom. The van der Waals surface area contributed by atoms with Gasteiger partial charge in [-0.1, -0.05) is 6.42 Å². The van der Waals surface area contributed by atoms with E-state index in [2.05, 4.69) is 30.5 Å². The minimum atomic E-state index is 0.697. The highest BCUT2D eigenvalue weighted by Crippen LogP contribution is 2.33. The van der Waals surface area contributed by atoms with Gasteiger partial charge in [0.2, 0.25) is 0 Å². The molecule has 0 aromatic carbocycles. The summed E-state index contributed by atoms with van der Waals surface area (Å²) in [6.07, 6.45) is 5.26. The minimum Gasteiger partial charge on any atom is -0.346 e. The highest BCUT2D eigenvalue weighted by atomic mass is 15.0. The summed E-state index contributed by atoms with van der Waals surface area (Å²) in [7, 11) is 0. The molecule has 15 heavy (non-hydrogen) atoms. The van der Waals surface area contributed by atoms with Crippen LogP contribution in [-0.4, -0.2) is 11.1 Å². The lowest BCUT2D eigenvalue weighted by molar-refractivity contribution is 0.267. The summed E-state index contributed by atoms with van der Waals surface area (Å²) >= 11 is 0. The molecule has 2 nitrogen and oxygen atoms in total. The Morgan fingerprint density at radius 3 is 2.53 bits per heavy atom. The molecule has 1 aliphatic carbocycles. The maximum Gasteiger partial charge on any atom is 0.0338 e. The summed E-state index contributed by atoms with van der Waals surface area (Å²) in [5.74, 6) is 0.741. The summed E-state index contributed by atoms with van der Waals surface area (Å²) < 4.78 is 2.50.